The van der Waals surface area contributed by atoms with Crippen LogP contribution in [0.15, 0.2) is 60.7 Å². The van der Waals surface area contributed by atoms with Crippen molar-refractivity contribution in [3.8, 4) is 0 Å². The summed E-state index contributed by atoms with van der Waals surface area (Å²) < 4.78 is 0. The van der Waals surface area contributed by atoms with Crippen molar-refractivity contribution < 1.29 is 9.63 Å². The molecule has 0 amide bonds. The lowest BCUT2D eigenvalue weighted by atomic mass is 9.86. The first-order valence-electron chi connectivity index (χ1n) is 7.86. The molecule has 0 unspecified atom stereocenters. The maximum atomic E-state index is 12.2. The predicted molar refractivity (Wildman–Crippen MR) is 85.6 cm³/mol. The molecule has 1 aliphatic carbocycles. The Morgan fingerprint density at radius 3 is 1.82 bits per heavy atom. The molecule has 1 fully saturated rings. The average molecular weight is 295 g/mol. The molecule has 0 bridgehead atoms. The van der Waals surface area contributed by atoms with Crippen molar-refractivity contribution in [2.75, 3.05) is 0 Å². The van der Waals surface area contributed by atoms with Gasteiger partial charge >= 0.3 is 5.97 Å². The summed E-state index contributed by atoms with van der Waals surface area (Å²) in [5.74, 6) is 0.00663. The summed E-state index contributed by atoms with van der Waals surface area (Å²) in [6, 6.07) is 20.2. The van der Waals surface area contributed by atoms with E-state index in [4.69, 9.17) is 4.84 Å². The van der Waals surface area contributed by atoms with Crippen molar-refractivity contribution in [2.24, 2.45) is 5.92 Å². The molecule has 0 atom stereocenters. The van der Waals surface area contributed by atoms with Gasteiger partial charge < -0.3 is 4.84 Å². The van der Waals surface area contributed by atoms with Crippen LogP contribution in [0.25, 0.3) is 0 Å². The average Bonchev–Trinajstić information content (AvgIpc) is 2.47. The number of rotatable bonds is 6. The van der Waals surface area contributed by atoms with Gasteiger partial charge in [-0.25, -0.2) is 0 Å². The second-order valence-corrected chi connectivity index (χ2v) is 5.81. The van der Waals surface area contributed by atoms with Gasteiger partial charge in [0.1, 0.15) is 0 Å². The van der Waals surface area contributed by atoms with Crippen LogP contribution in [0, 0.1) is 5.92 Å². The molecule has 3 rings (SSSR count). The summed E-state index contributed by atoms with van der Waals surface area (Å²) in [4.78, 5) is 17.8. The lowest BCUT2D eigenvalue weighted by molar-refractivity contribution is -0.204. The first-order valence-corrected chi connectivity index (χ1v) is 7.86. The largest absolute Gasteiger partial charge is 0.367 e. The van der Waals surface area contributed by atoms with Crippen LogP contribution in [-0.4, -0.2) is 11.0 Å². The monoisotopic (exact) mass is 295 g/mol. The molecule has 0 N–H and O–H groups in total. The Hall–Kier alpha value is -2.13. The predicted octanol–water partition coefficient (Wildman–Crippen LogP) is 3.95. The van der Waals surface area contributed by atoms with Gasteiger partial charge in [0.25, 0.3) is 0 Å². The normalized spacial score (nSPS) is 14.6. The summed E-state index contributed by atoms with van der Waals surface area (Å²) in [5, 5.41) is 1.77. The fourth-order valence-corrected chi connectivity index (χ4v) is 2.54. The molecule has 22 heavy (non-hydrogen) atoms. The molecule has 1 saturated carbocycles. The smallest absolute Gasteiger partial charge is 0.328 e. The summed E-state index contributed by atoms with van der Waals surface area (Å²) in [6.07, 6.45) is 3.06. The summed E-state index contributed by atoms with van der Waals surface area (Å²) in [6.45, 7) is 1.21. The fourth-order valence-electron chi connectivity index (χ4n) is 2.54. The Bertz CT molecular complexity index is 552. The van der Waals surface area contributed by atoms with E-state index in [1.54, 1.807) is 5.06 Å². The molecule has 2 aromatic rings. The van der Waals surface area contributed by atoms with Gasteiger partial charge in [0.15, 0.2) is 0 Å². The van der Waals surface area contributed by atoms with Crippen molar-refractivity contribution in [3.63, 3.8) is 0 Å². The van der Waals surface area contributed by atoms with Gasteiger partial charge in [0.2, 0.25) is 0 Å². The summed E-state index contributed by atoms with van der Waals surface area (Å²) in [7, 11) is 0. The van der Waals surface area contributed by atoms with Crippen LogP contribution in [0.1, 0.15) is 30.4 Å². The van der Waals surface area contributed by atoms with Gasteiger partial charge in [-0.2, -0.15) is 0 Å². The van der Waals surface area contributed by atoms with Crippen LogP contribution in [0.2, 0.25) is 0 Å². The zero-order chi connectivity index (χ0) is 15.2. The van der Waals surface area contributed by atoms with Crippen molar-refractivity contribution in [1.82, 2.24) is 5.06 Å². The minimum atomic E-state index is -0.0851. The van der Waals surface area contributed by atoms with E-state index < -0.39 is 0 Å². The maximum absolute atomic E-state index is 12.2. The molecule has 114 valence electrons. The zero-order valence-corrected chi connectivity index (χ0v) is 12.7. The molecule has 1 aliphatic rings. The Balaban J connectivity index is 1.68. The molecular weight excluding hydrogens is 274 g/mol. The SMILES string of the molecule is O=C(ON(Cc1ccccc1)Cc1ccccc1)C1CCC1. The van der Waals surface area contributed by atoms with Gasteiger partial charge in [-0.1, -0.05) is 67.1 Å². The summed E-state index contributed by atoms with van der Waals surface area (Å²) >= 11 is 0. The third-order valence-corrected chi connectivity index (χ3v) is 4.06. The molecule has 3 nitrogen and oxygen atoms in total. The van der Waals surface area contributed by atoms with E-state index in [9.17, 15) is 4.79 Å². The standard InChI is InChI=1S/C19H21NO2/c21-19(18-12-7-13-18)22-20(14-16-8-3-1-4-9-16)15-17-10-5-2-6-11-17/h1-6,8-11,18H,7,12-15H2. The van der Waals surface area contributed by atoms with E-state index in [0.29, 0.717) is 13.1 Å². The van der Waals surface area contributed by atoms with Gasteiger partial charge in [-0.15, -0.1) is 5.06 Å². The van der Waals surface area contributed by atoms with Crippen LogP contribution in [0.4, 0.5) is 0 Å². The molecular formula is C19H21NO2. The number of hydrogen-bond donors (Lipinski definition) is 0. The highest BCUT2D eigenvalue weighted by atomic mass is 16.7. The van der Waals surface area contributed by atoms with Crippen molar-refractivity contribution in [3.05, 3.63) is 71.8 Å². The lowest BCUT2D eigenvalue weighted by Crippen LogP contribution is -2.32. The summed E-state index contributed by atoms with van der Waals surface area (Å²) in [5.41, 5.74) is 2.28. The fraction of sp³-hybridized carbons (Fsp3) is 0.316. The first kappa shape index (κ1) is 14.8. The Morgan fingerprint density at radius 1 is 0.909 bits per heavy atom. The molecule has 2 aromatic carbocycles. The van der Waals surface area contributed by atoms with Gasteiger partial charge in [-0.05, 0) is 24.0 Å². The number of benzene rings is 2. The van der Waals surface area contributed by atoms with Crippen molar-refractivity contribution in [2.45, 2.75) is 32.4 Å². The molecule has 0 spiro atoms. The van der Waals surface area contributed by atoms with E-state index in [1.165, 1.54) is 0 Å². The van der Waals surface area contributed by atoms with Crippen LogP contribution in [0.5, 0.6) is 0 Å². The zero-order valence-electron chi connectivity index (χ0n) is 12.7. The number of nitrogens with zero attached hydrogens (tertiary/aromatic N) is 1. The van der Waals surface area contributed by atoms with E-state index >= 15 is 0 Å². The van der Waals surface area contributed by atoms with E-state index in [1.807, 2.05) is 36.4 Å². The third-order valence-electron chi connectivity index (χ3n) is 4.06. The number of carbonyl (C=O) groups is 1. The Morgan fingerprint density at radius 2 is 1.41 bits per heavy atom. The molecule has 0 aliphatic heterocycles. The van der Waals surface area contributed by atoms with Crippen LogP contribution >= 0.6 is 0 Å². The van der Waals surface area contributed by atoms with Crippen LogP contribution in [0.3, 0.4) is 0 Å². The van der Waals surface area contributed by atoms with Crippen molar-refractivity contribution >= 4 is 5.97 Å². The second-order valence-electron chi connectivity index (χ2n) is 5.81. The molecule has 3 heteroatoms. The van der Waals surface area contributed by atoms with Gasteiger partial charge in [-0.3, -0.25) is 4.79 Å². The van der Waals surface area contributed by atoms with E-state index in [2.05, 4.69) is 24.3 Å². The second kappa shape index (κ2) is 7.23. The van der Waals surface area contributed by atoms with Gasteiger partial charge in [0, 0.05) is 0 Å². The van der Waals surface area contributed by atoms with Crippen molar-refractivity contribution in [1.29, 1.82) is 0 Å². The number of hydrogen-bond acceptors (Lipinski definition) is 3. The molecule has 0 saturated heterocycles. The Labute approximate surface area is 131 Å². The highest BCUT2D eigenvalue weighted by molar-refractivity contribution is 5.72. The number of hydroxylamine groups is 2. The van der Waals surface area contributed by atoms with E-state index in [-0.39, 0.29) is 11.9 Å². The molecule has 0 aromatic heterocycles. The highest BCUT2D eigenvalue weighted by Gasteiger charge is 2.28. The lowest BCUT2D eigenvalue weighted by Gasteiger charge is -2.28. The molecule has 0 radical (unpaired) electrons. The van der Waals surface area contributed by atoms with Crippen LogP contribution in [-0.2, 0) is 22.7 Å². The Kier molecular flexibility index (Phi) is 4.86. The quantitative estimate of drug-likeness (QED) is 0.756. The first-order chi connectivity index (χ1) is 10.8. The maximum Gasteiger partial charge on any atom is 0.328 e. The third kappa shape index (κ3) is 3.95. The topological polar surface area (TPSA) is 29.5 Å². The van der Waals surface area contributed by atoms with E-state index in [0.717, 1.165) is 30.4 Å². The minimum Gasteiger partial charge on any atom is -0.367 e. The van der Waals surface area contributed by atoms with Crippen LogP contribution < -0.4 is 0 Å². The number of carbonyl (C=O) groups excluding carboxylic acids is 1. The minimum absolute atomic E-state index is 0.0851. The highest BCUT2D eigenvalue weighted by Crippen LogP contribution is 2.28. The van der Waals surface area contributed by atoms with Gasteiger partial charge in [0.05, 0.1) is 19.0 Å². The molecule has 0 heterocycles.